The van der Waals surface area contributed by atoms with Crippen molar-refractivity contribution in [2.75, 3.05) is 19.7 Å². The molecule has 1 atom stereocenters. The van der Waals surface area contributed by atoms with Crippen LogP contribution in [-0.2, 0) is 16.0 Å². The van der Waals surface area contributed by atoms with Gasteiger partial charge in [-0.3, -0.25) is 4.79 Å². The Labute approximate surface area is 114 Å². The molecule has 1 saturated heterocycles. The van der Waals surface area contributed by atoms with E-state index in [0.717, 1.165) is 39.0 Å². The zero-order valence-electron chi connectivity index (χ0n) is 11.3. The SMILES string of the molecule is C=CC(=O)N(CCCc1ccccc1)CCC1CO1. The van der Waals surface area contributed by atoms with Gasteiger partial charge in [-0.2, -0.15) is 0 Å². The highest BCUT2D eigenvalue weighted by Crippen LogP contribution is 2.14. The summed E-state index contributed by atoms with van der Waals surface area (Å²) in [7, 11) is 0. The minimum Gasteiger partial charge on any atom is -0.373 e. The molecule has 0 radical (unpaired) electrons. The minimum absolute atomic E-state index is 0.0220. The number of rotatable bonds is 8. The molecule has 0 saturated carbocycles. The predicted octanol–water partition coefficient (Wildman–Crippen LogP) is 2.42. The fraction of sp³-hybridized carbons (Fsp3) is 0.438. The third-order valence-electron chi connectivity index (χ3n) is 3.35. The fourth-order valence-corrected chi connectivity index (χ4v) is 2.11. The van der Waals surface area contributed by atoms with Crippen molar-refractivity contribution in [3.8, 4) is 0 Å². The number of benzene rings is 1. The molecule has 2 rings (SSSR count). The van der Waals surface area contributed by atoms with E-state index in [2.05, 4.69) is 18.7 Å². The third kappa shape index (κ3) is 4.87. The second-order valence-corrected chi connectivity index (χ2v) is 4.86. The van der Waals surface area contributed by atoms with Crippen molar-refractivity contribution < 1.29 is 9.53 Å². The van der Waals surface area contributed by atoms with Crippen LogP contribution in [0.3, 0.4) is 0 Å². The highest BCUT2D eigenvalue weighted by atomic mass is 16.6. The Morgan fingerprint density at radius 1 is 1.37 bits per heavy atom. The van der Waals surface area contributed by atoms with E-state index in [1.54, 1.807) is 0 Å². The normalized spacial score (nSPS) is 16.9. The molecule has 3 nitrogen and oxygen atoms in total. The monoisotopic (exact) mass is 259 g/mol. The molecule has 3 heteroatoms. The van der Waals surface area contributed by atoms with E-state index in [1.165, 1.54) is 11.6 Å². The molecule has 1 fully saturated rings. The standard InChI is InChI=1S/C16H21NO2/c1-2-16(18)17(12-10-15-13-19-15)11-6-9-14-7-4-3-5-8-14/h2-5,7-8,15H,1,6,9-13H2. The quantitative estimate of drug-likeness (QED) is 0.530. The Morgan fingerprint density at radius 3 is 2.74 bits per heavy atom. The molecule has 1 amide bonds. The van der Waals surface area contributed by atoms with Crippen LogP contribution in [0.15, 0.2) is 43.0 Å². The van der Waals surface area contributed by atoms with Gasteiger partial charge in [0.1, 0.15) is 0 Å². The average molecular weight is 259 g/mol. The molecule has 1 aliphatic rings. The summed E-state index contributed by atoms with van der Waals surface area (Å²) in [4.78, 5) is 13.6. The summed E-state index contributed by atoms with van der Waals surface area (Å²) in [6.07, 6.45) is 4.69. The zero-order valence-corrected chi connectivity index (χ0v) is 11.3. The van der Waals surface area contributed by atoms with Gasteiger partial charge in [-0.25, -0.2) is 0 Å². The summed E-state index contributed by atoms with van der Waals surface area (Å²) >= 11 is 0. The lowest BCUT2D eigenvalue weighted by atomic mass is 10.1. The zero-order chi connectivity index (χ0) is 13.5. The predicted molar refractivity (Wildman–Crippen MR) is 75.9 cm³/mol. The van der Waals surface area contributed by atoms with E-state index in [0.29, 0.717) is 6.10 Å². The molecular weight excluding hydrogens is 238 g/mol. The van der Waals surface area contributed by atoms with Crippen LogP contribution in [0.1, 0.15) is 18.4 Å². The maximum atomic E-state index is 11.8. The van der Waals surface area contributed by atoms with Crippen LogP contribution in [0.25, 0.3) is 0 Å². The summed E-state index contributed by atoms with van der Waals surface area (Å²) in [6, 6.07) is 10.4. The second kappa shape index (κ2) is 7.10. The molecule has 1 aromatic carbocycles. The molecule has 0 spiro atoms. The Kier molecular flexibility index (Phi) is 5.16. The molecule has 1 aromatic rings. The number of aryl methyl sites for hydroxylation is 1. The van der Waals surface area contributed by atoms with E-state index in [-0.39, 0.29) is 5.91 Å². The Bertz CT molecular complexity index is 412. The van der Waals surface area contributed by atoms with Crippen LogP contribution < -0.4 is 0 Å². The molecule has 0 N–H and O–H groups in total. The number of hydrogen-bond donors (Lipinski definition) is 0. The van der Waals surface area contributed by atoms with Gasteiger partial charge in [-0.05, 0) is 30.9 Å². The lowest BCUT2D eigenvalue weighted by Crippen LogP contribution is -2.32. The molecular formula is C16H21NO2. The molecule has 0 bridgehead atoms. The van der Waals surface area contributed by atoms with Crippen molar-refractivity contribution in [1.82, 2.24) is 4.90 Å². The van der Waals surface area contributed by atoms with Crippen molar-refractivity contribution >= 4 is 5.91 Å². The van der Waals surface area contributed by atoms with Crippen molar-refractivity contribution in [3.05, 3.63) is 48.6 Å². The van der Waals surface area contributed by atoms with Gasteiger partial charge in [-0.1, -0.05) is 36.9 Å². The maximum absolute atomic E-state index is 11.8. The van der Waals surface area contributed by atoms with Gasteiger partial charge >= 0.3 is 0 Å². The van der Waals surface area contributed by atoms with E-state index < -0.39 is 0 Å². The van der Waals surface area contributed by atoms with Crippen LogP contribution in [-0.4, -0.2) is 36.6 Å². The molecule has 1 aliphatic heterocycles. The van der Waals surface area contributed by atoms with Crippen LogP contribution in [0.4, 0.5) is 0 Å². The summed E-state index contributed by atoms with van der Waals surface area (Å²) < 4.78 is 5.18. The van der Waals surface area contributed by atoms with Crippen molar-refractivity contribution in [1.29, 1.82) is 0 Å². The lowest BCUT2D eigenvalue weighted by molar-refractivity contribution is -0.126. The van der Waals surface area contributed by atoms with Crippen molar-refractivity contribution in [3.63, 3.8) is 0 Å². The van der Waals surface area contributed by atoms with Crippen LogP contribution in [0.5, 0.6) is 0 Å². The molecule has 1 heterocycles. The highest BCUT2D eigenvalue weighted by Gasteiger charge is 2.23. The van der Waals surface area contributed by atoms with Gasteiger partial charge in [0.15, 0.2) is 0 Å². The first-order valence-corrected chi connectivity index (χ1v) is 6.86. The van der Waals surface area contributed by atoms with Crippen LogP contribution >= 0.6 is 0 Å². The maximum Gasteiger partial charge on any atom is 0.245 e. The van der Waals surface area contributed by atoms with Gasteiger partial charge in [0.05, 0.1) is 12.7 Å². The number of carbonyl (C=O) groups excluding carboxylic acids is 1. The van der Waals surface area contributed by atoms with E-state index in [4.69, 9.17) is 4.74 Å². The average Bonchev–Trinajstić information content (AvgIpc) is 3.27. The van der Waals surface area contributed by atoms with Gasteiger partial charge in [0.25, 0.3) is 0 Å². The number of nitrogens with zero attached hydrogens (tertiary/aromatic N) is 1. The largest absolute Gasteiger partial charge is 0.373 e. The Hall–Kier alpha value is -1.61. The van der Waals surface area contributed by atoms with Crippen molar-refractivity contribution in [2.24, 2.45) is 0 Å². The molecule has 0 aliphatic carbocycles. The van der Waals surface area contributed by atoms with E-state index >= 15 is 0 Å². The number of carbonyl (C=O) groups is 1. The van der Waals surface area contributed by atoms with Crippen molar-refractivity contribution in [2.45, 2.75) is 25.4 Å². The van der Waals surface area contributed by atoms with Gasteiger partial charge in [-0.15, -0.1) is 0 Å². The molecule has 19 heavy (non-hydrogen) atoms. The Morgan fingerprint density at radius 2 is 2.11 bits per heavy atom. The van der Waals surface area contributed by atoms with Crippen LogP contribution in [0.2, 0.25) is 0 Å². The summed E-state index contributed by atoms with van der Waals surface area (Å²) in [6.45, 7) is 5.97. The first-order chi connectivity index (χ1) is 9.29. The summed E-state index contributed by atoms with van der Waals surface area (Å²) in [5.74, 6) is 0.0220. The topological polar surface area (TPSA) is 32.8 Å². The van der Waals surface area contributed by atoms with Gasteiger partial charge in [0, 0.05) is 13.1 Å². The summed E-state index contributed by atoms with van der Waals surface area (Å²) in [5, 5.41) is 0. The second-order valence-electron chi connectivity index (χ2n) is 4.86. The van der Waals surface area contributed by atoms with Gasteiger partial charge in [0.2, 0.25) is 5.91 Å². The number of amides is 1. The smallest absolute Gasteiger partial charge is 0.245 e. The van der Waals surface area contributed by atoms with Gasteiger partial charge < -0.3 is 9.64 Å². The highest BCUT2D eigenvalue weighted by molar-refractivity contribution is 5.86. The number of ether oxygens (including phenoxy) is 1. The van der Waals surface area contributed by atoms with E-state index in [1.807, 2.05) is 23.1 Å². The fourth-order valence-electron chi connectivity index (χ4n) is 2.11. The van der Waals surface area contributed by atoms with E-state index in [9.17, 15) is 4.79 Å². The van der Waals surface area contributed by atoms with Crippen LogP contribution in [0, 0.1) is 0 Å². The molecule has 0 aromatic heterocycles. The summed E-state index contributed by atoms with van der Waals surface area (Å²) in [5.41, 5.74) is 1.32. The number of hydrogen-bond acceptors (Lipinski definition) is 2. The molecule has 1 unspecified atom stereocenters. The first kappa shape index (κ1) is 13.8. The molecule has 102 valence electrons. The third-order valence-corrected chi connectivity index (χ3v) is 3.35. The Balaban J connectivity index is 1.74. The lowest BCUT2D eigenvalue weighted by Gasteiger charge is -2.20. The first-order valence-electron chi connectivity index (χ1n) is 6.86. The number of epoxide rings is 1. The minimum atomic E-state index is 0.0220.